The number of methoxy groups -OCH3 is 3. The van der Waals surface area contributed by atoms with Gasteiger partial charge >= 0.3 is 5.97 Å². The van der Waals surface area contributed by atoms with Gasteiger partial charge in [-0.05, 0) is 24.3 Å². The number of aromatic nitrogens is 1. The van der Waals surface area contributed by atoms with E-state index in [9.17, 15) is 4.79 Å². The van der Waals surface area contributed by atoms with E-state index < -0.39 is 5.97 Å². The van der Waals surface area contributed by atoms with Gasteiger partial charge in [0.2, 0.25) is 11.5 Å². The van der Waals surface area contributed by atoms with E-state index in [4.69, 9.17) is 27.9 Å². The summed E-state index contributed by atoms with van der Waals surface area (Å²) < 4.78 is 32.2. The minimum absolute atomic E-state index is 0.0702. The van der Waals surface area contributed by atoms with Crippen LogP contribution in [0.15, 0.2) is 57.5 Å². The van der Waals surface area contributed by atoms with Crippen molar-refractivity contribution in [3.63, 3.8) is 0 Å². The topological polar surface area (TPSA) is 93.2 Å². The lowest BCUT2D eigenvalue weighted by molar-refractivity contribution is 0.0463. The van der Waals surface area contributed by atoms with Crippen LogP contribution in [0.1, 0.15) is 16.1 Å². The zero-order valence-corrected chi connectivity index (χ0v) is 16.6. The third-order valence-corrected chi connectivity index (χ3v) is 4.48. The maximum absolute atomic E-state index is 12.5. The molecule has 0 aliphatic carbocycles. The van der Waals surface area contributed by atoms with Crippen molar-refractivity contribution in [2.24, 2.45) is 0 Å². The SMILES string of the molecule is COc1cc(C(=O)OCc2cc(-c3cc4ccccc4o3)on2)cc(OC)c1OC. The van der Waals surface area contributed by atoms with Crippen LogP contribution in [0.2, 0.25) is 0 Å². The van der Waals surface area contributed by atoms with Crippen LogP contribution in [-0.2, 0) is 11.3 Å². The first-order valence-corrected chi connectivity index (χ1v) is 9.04. The monoisotopic (exact) mass is 409 g/mol. The molecule has 0 amide bonds. The van der Waals surface area contributed by atoms with Crippen LogP contribution < -0.4 is 14.2 Å². The van der Waals surface area contributed by atoms with Crippen molar-refractivity contribution in [1.82, 2.24) is 5.16 Å². The fourth-order valence-electron chi connectivity index (χ4n) is 3.02. The number of hydrogen-bond donors (Lipinski definition) is 0. The summed E-state index contributed by atoms with van der Waals surface area (Å²) in [6.07, 6.45) is 0. The van der Waals surface area contributed by atoms with E-state index in [2.05, 4.69) is 5.16 Å². The quantitative estimate of drug-likeness (QED) is 0.413. The average molecular weight is 409 g/mol. The molecule has 0 fully saturated rings. The maximum atomic E-state index is 12.5. The molecule has 30 heavy (non-hydrogen) atoms. The van der Waals surface area contributed by atoms with Crippen LogP contribution in [0.25, 0.3) is 22.5 Å². The molecular weight excluding hydrogens is 390 g/mol. The Morgan fingerprint density at radius 3 is 2.33 bits per heavy atom. The third-order valence-electron chi connectivity index (χ3n) is 4.48. The molecule has 0 bridgehead atoms. The molecule has 154 valence electrons. The highest BCUT2D eigenvalue weighted by Crippen LogP contribution is 2.38. The lowest BCUT2D eigenvalue weighted by Crippen LogP contribution is -2.07. The third kappa shape index (κ3) is 3.67. The number of furan rings is 1. The Labute approximate surface area is 171 Å². The largest absolute Gasteiger partial charge is 0.493 e. The average Bonchev–Trinajstić information content (AvgIpc) is 3.43. The van der Waals surface area contributed by atoms with Gasteiger partial charge in [0.25, 0.3) is 0 Å². The summed E-state index contributed by atoms with van der Waals surface area (Å²) in [6.45, 7) is -0.0702. The van der Waals surface area contributed by atoms with Crippen molar-refractivity contribution < 1.29 is 32.7 Å². The highest BCUT2D eigenvalue weighted by Gasteiger charge is 2.19. The fraction of sp³-hybridized carbons (Fsp3) is 0.182. The van der Waals surface area contributed by atoms with E-state index >= 15 is 0 Å². The number of ether oxygens (including phenoxy) is 4. The predicted octanol–water partition coefficient (Wildman–Crippen LogP) is 4.47. The van der Waals surface area contributed by atoms with E-state index in [0.717, 1.165) is 11.0 Å². The van der Waals surface area contributed by atoms with E-state index in [1.807, 2.05) is 30.3 Å². The number of fused-ring (bicyclic) bond motifs is 1. The van der Waals surface area contributed by atoms with Gasteiger partial charge < -0.3 is 27.9 Å². The highest BCUT2D eigenvalue weighted by molar-refractivity contribution is 5.91. The number of rotatable bonds is 7. The van der Waals surface area contributed by atoms with Crippen LogP contribution in [0.3, 0.4) is 0 Å². The minimum atomic E-state index is -0.567. The Bertz CT molecular complexity index is 1130. The zero-order valence-electron chi connectivity index (χ0n) is 16.6. The lowest BCUT2D eigenvalue weighted by Gasteiger charge is -2.13. The molecule has 8 heteroatoms. The second kappa shape index (κ2) is 8.20. The van der Waals surface area contributed by atoms with Crippen LogP contribution in [-0.4, -0.2) is 32.5 Å². The highest BCUT2D eigenvalue weighted by atomic mass is 16.5. The van der Waals surface area contributed by atoms with Crippen molar-refractivity contribution in [1.29, 1.82) is 0 Å². The lowest BCUT2D eigenvalue weighted by atomic mass is 10.2. The number of para-hydroxylation sites is 1. The molecule has 4 rings (SSSR count). The Hall–Kier alpha value is -3.94. The first-order valence-electron chi connectivity index (χ1n) is 9.04. The second-order valence-electron chi connectivity index (χ2n) is 6.32. The van der Waals surface area contributed by atoms with E-state index in [1.165, 1.54) is 33.5 Å². The summed E-state index contributed by atoms with van der Waals surface area (Å²) in [4.78, 5) is 12.5. The van der Waals surface area contributed by atoms with Crippen LogP contribution in [0, 0.1) is 0 Å². The van der Waals surface area contributed by atoms with Crippen molar-refractivity contribution in [2.45, 2.75) is 6.61 Å². The molecule has 0 atom stereocenters. The molecule has 2 heterocycles. The summed E-state index contributed by atoms with van der Waals surface area (Å²) in [6, 6.07) is 14.2. The Morgan fingerprint density at radius 1 is 0.933 bits per heavy atom. The zero-order chi connectivity index (χ0) is 21.1. The standard InChI is InChI=1S/C22H19NO7/c1-25-19-9-14(10-20(26-2)21(19)27-3)22(24)28-12-15-11-18(30-23-15)17-8-13-6-4-5-7-16(13)29-17/h4-11H,12H2,1-3H3. The van der Waals surface area contributed by atoms with Gasteiger partial charge in [-0.15, -0.1) is 0 Å². The van der Waals surface area contributed by atoms with Gasteiger partial charge in [0, 0.05) is 11.5 Å². The number of esters is 1. The molecule has 0 aliphatic rings. The second-order valence-corrected chi connectivity index (χ2v) is 6.32. The van der Waals surface area contributed by atoms with Gasteiger partial charge in [0.15, 0.2) is 17.3 Å². The Morgan fingerprint density at radius 2 is 1.67 bits per heavy atom. The minimum Gasteiger partial charge on any atom is -0.493 e. The number of carbonyl (C=O) groups is 1. The molecule has 0 aliphatic heterocycles. The van der Waals surface area contributed by atoms with Crippen molar-refractivity contribution in [3.8, 4) is 28.8 Å². The first-order chi connectivity index (χ1) is 14.6. The van der Waals surface area contributed by atoms with Crippen LogP contribution in [0.4, 0.5) is 0 Å². The molecule has 0 unspecified atom stereocenters. The van der Waals surface area contributed by atoms with Crippen LogP contribution >= 0.6 is 0 Å². The first kappa shape index (κ1) is 19.4. The molecular formula is C22H19NO7. The van der Waals surface area contributed by atoms with Gasteiger partial charge in [-0.3, -0.25) is 0 Å². The number of carbonyl (C=O) groups excluding carboxylic acids is 1. The number of hydrogen-bond acceptors (Lipinski definition) is 8. The molecule has 2 aromatic heterocycles. The van der Waals surface area contributed by atoms with Gasteiger partial charge in [-0.1, -0.05) is 23.4 Å². The Kier molecular flexibility index (Phi) is 5.30. The van der Waals surface area contributed by atoms with Crippen LogP contribution in [0.5, 0.6) is 17.2 Å². The summed E-state index contributed by atoms with van der Waals surface area (Å²) in [5.74, 6) is 1.54. The predicted molar refractivity (Wildman–Crippen MR) is 107 cm³/mol. The van der Waals surface area contributed by atoms with E-state index in [0.29, 0.717) is 34.5 Å². The molecule has 2 aromatic carbocycles. The molecule has 0 spiro atoms. The maximum Gasteiger partial charge on any atom is 0.338 e. The van der Waals surface area contributed by atoms with Crippen molar-refractivity contribution in [3.05, 3.63) is 59.8 Å². The van der Waals surface area contributed by atoms with Crippen molar-refractivity contribution >= 4 is 16.9 Å². The number of benzene rings is 2. The Balaban J connectivity index is 1.48. The molecule has 8 nitrogen and oxygen atoms in total. The molecule has 0 saturated carbocycles. The molecule has 4 aromatic rings. The van der Waals surface area contributed by atoms with E-state index in [-0.39, 0.29) is 12.2 Å². The molecule has 0 saturated heterocycles. The number of nitrogens with zero attached hydrogens (tertiary/aromatic N) is 1. The summed E-state index contributed by atoms with van der Waals surface area (Å²) in [5.41, 5.74) is 1.45. The molecule has 0 N–H and O–H groups in total. The normalized spacial score (nSPS) is 10.8. The van der Waals surface area contributed by atoms with Gasteiger partial charge in [-0.25, -0.2) is 4.79 Å². The fourth-order valence-corrected chi connectivity index (χ4v) is 3.02. The van der Waals surface area contributed by atoms with Crippen molar-refractivity contribution in [2.75, 3.05) is 21.3 Å². The van der Waals surface area contributed by atoms with Gasteiger partial charge in [0.1, 0.15) is 17.9 Å². The molecule has 0 radical (unpaired) electrons. The smallest absolute Gasteiger partial charge is 0.338 e. The summed E-state index contributed by atoms with van der Waals surface area (Å²) in [7, 11) is 4.44. The summed E-state index contributed by atoms with van der Waals surface area (Å²) in [5, 5.41) is 4.90. The van der Waals surface area contributed by atoms with E-state index in [1.54, 1.807) is 6.07 Å². The van der Waals surface area contributed by atoms with Gasteiger partial charge in [-0.2, -0.15) is 0 Å². The summed E-state index contributed by atoms with van der Waals surface area (Å²) >= 11 is 0. The van der Waals surface area contributed by atoms with Gasteiger partial charge in [0.05, 0.1) is 26.9 Å².